The smallest absolute Gasteiger partial charge is 0.358 e. The summed E-state index contributed by atoms with van der Waals surface area (Å²) >= 11 is 7.68. The fourth-order valence-electron chi connectivity index (χ4n) is 1.90. The second-order valence-corrected chi connectivity index (χ2v) is 6.18. The lowest BCUT2D eigenvalue weighted by atomic mass is 10.1. The number of rotatable bonds is 3. The molecule has 1 aromatic heterocycles. The third kappa shape index (κ3) is 3.81. The minimum atomic E-state index is -0.875. The number of nitrogens with one attached hydrogen (secondary N) is 1. The standard InChI is InChI=1S/C15H10ClF2IN2O3/c1-6(22)20-12-5-11(21-14(13(12)16)15(23)24-2)7-3-9(18)10(19)4-8(7)17/h3-5H,1-2H3,(H,20,21,22). The van der Waals surface area contributed by atoms with E-state index in [1.165, 1.54) is 13.0 Å². The first-order valence-electron chi connectivity index (χ1n) is 6.46. The van der Waals surface area contributed by atoms with E-state index in [1.807, 2.05) is 0 Å². The average molecular weight is 467 g/mol. The molecule has 0 saturated heterocycles. The van der Waals surface area contributed by atoms with Crippen LogP contribution in [-0.2, 0) is 9.53 Å². The molecule has 1 N–H and O–H groups in total. The van der Waals surface area contributed by atoms with Crippen LogP contribution >= 0.6 is 34.2 Å². The number of halogens is 4. The molecule has 0 aliphatic heterocycles. The Morgan fingerprint density at radius 1 is 1.25 bits per heavy atom. The summed E-state index contributed by atoms with van der Waals surface area (Å²) in [7, 11) is 1.12. The van der Waals surface area contributed by atoms with Gasteiger partial charge in [0.2, 0.25) is 5.91 Å². The van der Waals surface area contributed by atoms with Crippen molar-refractivity contribution in [3.8, 4) is 11.3 Å². The Morgan fingerprint density at radius 3 is 2.50 bits per heavy atom. The first-order valence-corrected chi connectivity index (χ1v) is 7.91. The summed E-state index contributed by atoms with van der Waals surface area (Å²) in [6, 6.07) is 3.20. The molecule has 0 aliphatic carbocycles. The summed E-state index contributed by atoms with van der Waals surface area (Å²) in [5.74, 6) is -2.72. The highest BCUT2D eigenvalue weighted by Crippen LogP contribution is 2.32. The number of esters is 1. The minimum absolute atomic E-state index is 0.0351. The monoisotopic (exact) mass is 466 g/mol. The van der Waals surface area contributed by atoms with E-state index >= 15 is 0 Å². The number of pyridine rings is 1. The molecule has 0 unspecified atom stereocenters. The molecule has 2 rings (SSSR count). The van der Waals surface area contributed by atoms with Crippen LogP contribution in [0.5, 0.6) is 0 Å². The van der Waals surface area contributed by atoms with E-state index in [-0.39, 0.29) is 31.2 Å². The third-order valence-electron chi connectivity index (χ3n) is 2.93. The maximum absolute atomic E-state index is 14.2. The topological polar surface area (TPSA) is 68.3 Å². The van der Waals surface area contributed by atoms with E-state index in [2.05, 4.69) is 15.0 Å². The molecule has 9 heteroatoms. The summed E-state index contributed by atoms with van der Waals surface area (Å²) in [4.78, 5) is 27.0. The van der Waals surface area contributed by atoms with Crippen molar-refractivity contribution >= 4 is 51.8 Å². The van der Waals surface area contributed by atoms with Crippen LogP contribution in [0.25, 0.3) is 11.3 Å². The molecular formula is C15H10ClF2IN2O3. The van der Waals surface area contributed by atoms with Crippen molar-refractivity contribution in [1.82, 2.24) is 4.98 Å². The first-order chi connectivity index (χ1) is 11.2. The molecule has 2 aromatic rings. The number of nitrogens with zero attached hydrogens (tertiary/aromatic N) is 1. The van der Waals surface area contributed by atoms with E-state index in [4.69, 9.17) is 11.6 Å². The third-order valence-corrected chi connectivity index (χ3v) is 4.14. The van der Waals surface area contributed by atoms with Crippen LogP contribution in [0.15, 0.2) is 18.2 Å². The van der Waals surface area contributed by atoms with Gasteiger partial charge in [0.05, 0.1) is 27.1 Å². The lowest BCUT2D eigenvalue weighted by Gasteiger charge is -2.12. The number of methoxy groups -OCH3 is 1. The van der Waals surface area contributed by atoms with Gasteiger partial charge in [-0.25, -0.2) is 18.6 Å². The zero-order chi connectivity index (χ0) is 18.0. The van der Waals surface area contributed by atoms with Gasteiger partial charge in [0.1, 0.15) is 11.6 Å². The fourth-order valence-corrected chi connectivity index (χ4v) is 2.55. The number of benzene rings is 1. The number of ether oxygens (including phenoxy) is 1. The van der Waals surface area contributed by atoms with Gasteiger partial charge in [-0.2, -0.15) is 0 Å². The maximum atomic E-state index is 14.2. The zero-order valence-electron chi connectivity index (χ0n) is 12.4. The summed E-state index contributed by atoms with van der Waals surface area (Å²) in [6.45, 7) is 1.24. The maximum Gasteiger partial charge on any atom is 0.358 e. The lowest BCUT2D eigenvalue weighted by Crippen LogP contribution is -2.12. The van der Waals surface area contributed by atoms with Crippen molar-refractivity contribution < 1.29 is 23.1 Å². The van der Waals surface area contributed by atoms with Gasteiger partial charge in [0.25, 0.3) is 0 Å². The highest BCUT2D eigenvalue weighted by atomic mass is 127. The number of aromatic nitrogens is 1. The summed E-state index contributed by atoms with van der Waals surface area (Å²) in [5.41, 5.74) is -0.538. The SMILES string of the molecule is COC(=O)c1nc(-c2cc(F)c(I)cc2F)cc(NC(C)=O)c1Cl. The van der Waals surface area contributed by atoms with Gasteiger partial charge in [-0.05, 0) is 40.8 Å². The van der Waals surface area contributed by atoms with E-state index in [1.54, 1.807) is 22.6 Å². The average Bonchev–Trinajstić information content (AvgIpc) is 2.51. The molecule has 0 saturated carbocycles. The molecule has 5 nitrogen and oxygen atoms in total. The van der Waals surface area contributed by atoms with E-state index < -0.39 is 23.5 Å². The predicted octanol–water partition coefficient (Wildman–Crippen LogP) is 4.03. The minimum Gasteiger partial charge on any atom is -0.464 e. The van der Waals surface area contributed by atoms with E-state index in [0.29, 0.717) is 0 Å². The highest BCUT2D eigenvalue weighted by Gasteiger charge is 2.21. The Balaban J connectivity index is 2.72. The number of hydrogen-bond acceptors (Lipinski definition) is 4. The van der Waals surface area contributed by atoms with Crippen molar-refractivity contribution in [3.05, 3.63) is 44.1 Å². The number of carbonyl (C=O) groups is 2. The normalized spacial score (nSPS) is 10.4. The van der Waals surface area contributed by atoms with Gasteiger partial charge in [0.15, 0.2) is 5.69 Å². The van der Waals surface area contributed by atoms with E-state index in [0.717, 1.165) is 19.2 Å². The van der Waals surface area contributed by atoms with Crippen LogP contribution in [0.2, 0.25) is 5.02 Å². The molecule has 0 fully saturated rings. The predicted molar refractivity (Wildman–Crippen MR) is 93.0 cm³/mol. The van der Waals surface area contributed by atoms with E-state index in [9.17, 15) is 18.4 Å². The molecule has 24 heavy (non-hydrogen) atoms. The quantitative estimate of drug-likeness (QED) is 0.421. The molecule has 0 atom stereocenters. The van der Waals surface area contributed by atoms with Crippen LogP contribution in [0, 0.1) is 15.2 Å². The first kappa shape index (κ1) is 18.5. The van der Waals surface area contributed by atoms with Crippen molar-refractivity contribution in [3.63, 3.8) is 0 Å². The Labute approximate surface area is 154 Å². The Morgan fingerprint density at radius 2 is 1.92 bits per heavy atom. The van der Waals surface area contributed by atoms with Crippen molar-refractivity contribution in [2.75, 3.05) is 12.4 Å². The summed E-state index contributed by atoms with van der Waals surface area (Å²) < 4.78 is 32.6. The number of carbonyl (C=O) groups excluding carboxylic acids is 2. The number of hydrogen-bond donors (Lipinski definition) is 1. The molecule has 0 bridgehead atoms. The second kappa shape index (κ2) is 7.39. The van der Waals surface area contributed by atoms with Gasteiger partial charge in [-0.15, -0.1) is 0 Å². The summed E-state index contributed by atoms with van der Waals surface area (Å²) in [6.07, 6.45) is 0. The zero-order valence-corrected chi connectivity index (χ0v) is 15.3. The molecule has 1 amide bonds. The highest BCUT2D eigenvalue weighted by molar-refractivity contribution is 14.1. The van der Waals surface area contributed by atoms with Crippen LogP contribution in [-0.4, -0.2) is 24.0 Å². The van der Waals surface area contributed by atoms with Gasteiger partial charge in [-0.1, -0.05) is 11.6 Å². The Hall–Kier alpha value is -1.81. The second-order valence-electron chi connectivity index (χ2n) is 4.64. The molecule has 0 radical (unpaired) electrons. The van der Waals surface area contributed by atoms with Crippen LogP contribution in [0.4, 0.5) is 14.5 Å². The van der Waals surface area contributed by atoms with Crippen molar-refractivity contribution in [2.45, 2.75) is 6.92 Å². The van der Waals surface area contributed by atoms with Gasteiger partial charge >= 0.3 is 5.97 Å². The summed E-state index contributed by atoms with van der Waals surface area (Å²) in [5, 5.41) is 2.25. The van der Waals surface area contributed by atoms with Crippen molar-refractivity contribution in [1.29, 1.82) is 0 Å². The molecule has 0 aliphatic rings. The molecular weight excluding hydrogens is 457 g/mol. The Kier molecular flexibility index (Phi) is 5.70. The van der Waals surface area contributed by atoms with Crippen LogP contribution in [0.1, 0.15) is 17.4 Å². The molecule has 126 valence electrons. The van der Waals surface area contributed by atoms with Crippen molar-refractivity contribution in [2.24, 2.45) is 0 Å². The fraction of sp³-hybridized carbons (Fsp3) is 0.133. The van der Waals surface area contributed by atoms with Crippen LogP contribution in [0.3, 0.4) is 0 Å². The molecule has 1 heterocycles. The number of amides is 1. The van der Waals surface area contributed by atoms with Gasteiger partial charge in [-0.3, -0.25) is 4.79 Å². The molecule has 1 aromatic carbocycles. The van der Waals surface area contributed by atoms with Crippen LogP contribution < -0.4 is 5.32 Å². The largest absolute Gasteiger partial charge is 0.464 e. The van der Waals surface area contributed by atoms with Gasteiger partial charge < -0.3 is 10.1 Å². The Bertz CT molecular complexity index is 846. The lowest BCUT2D eigenvalue weighted by molar-refractivity contribution is -0.114. The molecule has 0 spiro atoms. The number of anilines is 1. The van der Waals surface area contributed by atoms with Gasteiger partial charge in [0, 0.05) is 12.5 Å².